The first-order valence-electron chi connectivity index (χ1n) is 5.97. The lowest BCUT2D eigenvalue weighted by Crippen LogP contribution is -2.01. The van der Waals surface area contributed by atoms with Crippen LogP contribution in [0.5, 0.6) is 0 Å². The van der Waals surface area contributed by atoms with Gasteiger partial charge in [0.1, 0.15) is 6.10 Å². The van der Waals surface area contributed by atoms with Gasteiger partial charge in [0.2, 0.25) is 0 Å². The SMILES string of the molecule is CC#C[C@H](O)CCCCCCCCCBr. The van der Waals surface area contributed by atoms with Gasteiger partial charge in [-0.25, -0.2) is 0 Å². The quantitative estimate of drug-likeness (QED) is 0.384. The van der Waals surface area contributed by atoms with Gasteiger partial charge in [-0.1, -0.05) is 54.0 Å². The zero-order valence-corrected chi connectivity index (χ0v) is 11.4. The predicted molar refractivity (Wildman–Crippen MR) is 70.2 cm³/mol. The van der Waals surface area contributed by atoms with Crippen molar-refractivity contribution in [2.75, 3.05) is 5.33 Å². The van der Waals surface area contributed by atoms with Crippen LogP contribution in [0.15, 0.2) is 0 Å². The topological polar surface area (TPSA) is 20.2 Å². The van der Waals surface area contributed by atoms with Gasteiger partial charge < -0.3 is 5.11 Å². The van der Waals surface area contributed by atoms with Crippen LogP contribution in [0.2, 0.25) is 0 Å². The molecule has 0 amide bonds. The zero-order chi connectivity index (χ0) is 11.4. The second-order valence-corrected chi connectivity index (χ2v) is 4.66. The van der Waals surface area contributed by atoms with E-state index in [1.807, 2.05) is 0 Å². The third-order valence-electron chi connectivity index (χ3n) is 2.42. The average molecular weight is 275 g/mol. The summed E-state index contributed by atoms with van der Waals surface area (Å²) in [4.78, 5) is 0. The fourth-order valence-corrected chi connectivity index (χ4v) is 1.95. The molecule has 15 heavy (non-hydrogen) atoms. The van der Waals surface area contributed by atoms with Crippen molar-refractivity contribution in [3.05, 3.63) is 0 Å². The summed E-state index contributed by atoms with van der Waals surface area (Å²) in [5.74, 6) is 5.50. The first-order chi connectivity index (χ1) is 7.31. The fourth-order valence-electron chi connectivity index (χ4n) is 1.55. The van der Waals surface area contributed by atoms with E-state index in [-0.39, 0.29) is 0 Å². The smallest absolute Gasteiger partial charge is 0.114 e. The third-order valence-corrected chi connectivity index (χ3v) is 2.98. The van der Waals surface area contributed by atoms with E-state index in [4.69, 9.17) is 0 Å². The molecular formula is C13H23BrO. The molecule has 0 aliphatic carbocycles. The summed E-state index contributed by atoms with van der Waals surface area (Å²) < 4.78 is 0. The van der Waals surface area contributed by atoms with E-state index in [0.29, 0.717) is 0 Å². The second-order valence-electron chi connectivity index (χ2n) is 3.86. The Bertz CT molecular complexity index is 181. The van der Waals surface area contributed by atoms with Crippen LogP contribution >= 0.6 is 15.9 Å². The summed E-state index contributed by atoms with van der Waals surface area (Å²) in [6, 6.07) is 0. The van der Waals surface area contributed by atoms with Gasteiger partial charge in [-0.2, -0.15) is 0 Å². The Balaban J connectivity index is 3.06. The van der Waals surface area contributed by atoms with Gasteiger partial charge in [0.05, 0.1) is 0 Å². The van der Waals surface area contributed by atoms with Crippen molar-refractivity contribution < 1.29 is 5.11 Å². The van der Waals surface area contributed by atoms with Gasteiger partial charge in [-0.3, -0.25) is 0 Å². The number of alkyl halides is 1. The van der Waals surface area contributed by atoms with Crippen LogP contribution in [0.25, 0.3) is 0 Å². The molecule has 0 rings (SSSR count). The minimum Gasteiger partial charge on any atom is -0.380 e. The van der Waals surface area contributed by atoms with E-state index in [1.54, 1.807) is 6.92 Å². The molecule has 2 heteroatoms. The van der Waals surface area contributed by atoms with E-state index < -0.39 is 6.10 Å². The van der Waals surface area contributed by atoms with E-state index in [1.165, 1.54) is 38.5 Å². The lowest BCUT2D eigenvalue weighted by atomic mass is 10.1. The molecule has 88 valence electrons. The summed E-state index contributed by atoms with van der Waals surface area (Å²) in [6.07, 6.45) is 9.40. The zero-order valence-electron chi connectivity index (χ0n) is 9.77. The molecule has 0 heterocycles. The Kier molecular flexibility index (Phi) is 12.1. The first kappa shape index (κ1) is 15.0. The molecule has 0 saturated heterocycles. The van der Waals surface area contributed by atoms with Crippen LogP contribution in [0.1, 0.15) is 58.3 Å². The number of unbranched alkanes of at least 4 members (excludes halogenated alkanes) is 6. The molecule has 0 fully saturated rings. The van der Waals surface area contributed by atoms with Gasteiger partial charge in [0, 0.05) is 5.33 Å². The van der Waals surface area contributed by atoms with Crippen molar-refractivity contribution >= 4 is 15.9 Å². The molecule has 0 aromatic carbocycles. The highest BCUT2D eigenvalue weighted by atomic mass is 79.9. The Labute approximate surface area is 103 Å². The first-order valence-corrected chi connectivity index (χ1v) is 7.09. The molecule has 0 bridgehead atoms. The maximum absolute atomic E-state index is 9.34. The van der Waals surface area contributed by atoms with Crippen LogP contribution in [0, 0.1) is 11.8 Å². The standard InChI is InChI=1S/C13H23BrO/c1-2-10-13(15)11-8-6-4-3-5-7-9-12-14/h13,15H,3-9,11-12H2,1H3/t13-/m0/s1. The maximum atomic E-state index is 9.34. The highest BCUT2D eigenvalue weighted by Gasteiger charge is 1.98. The lowest BCUT2D eigenvalue weighted by Gasteiger charge is -2.03. The summed E-state index contributed by atoms with van der Waals surface area (Å²) >= 11 is 3.43. The van der Waals surface area contributed by atoms with Gasteiger partial charge in [0.25, 0.3) is 0 Å². The van der Waals surface area contributed by atoms with Crippen LogP contribution in [0.3, 0.4) is 0 Å². The molecule has 0 unspecified atom stereocenters. The van der Waals surface area contributed by atoms with Crippen LogP contribution < -0.4 is 0 Å². The Hall–Kier alpha value is 0. The van der Waals surface area contributed by atoms with Crippen molar-refractivity contribution in [2.45, 2.75) is 64.4 Å². The van der Waals surface area contributed by atoms with Crippen molar-refractivity contribution in [3.8, 4) is 11.8 Å². The molecule has 0 aliphatic heterocycles. The van der Waals surface area contributed by atoms with Crippen LogP contribution in [-0.4, -0.2) is 16.5 Å². The summed E-state index contributed by atoms with van der Waals surface area (Å²) in [5, 5.41) is 10.5. The van der Waals surface area contributed by atoms with Crippen molar-refractivity contribution in [2.24, 2.45) is 0 Å². The van der Waals surface area contributed by atoms with Crippen molar-refractivity contribution in [3.63, 3.8) is 0 Å². The fraction of sp³-hybridized carbons (Fsp3) is 0.846. The molecular weight excluding hydrogens is 252 g/mol. The number of hydrogen-bond donors (Lipinski definition) is 1. The molecule has 0 aromatic heterocycles. The van der Waals surface area contributed by atoms with E-state index in [9.17, 15) is 5.11 Å². The summed E-state index contributed by atoms with van der Waals surface area (Å²) in [7, 11) is 0. The Morgan fingerprint density at radius 3 is 2.07 bits per heavy atom. The Morgan fingerprint density at radius 2 is 1.53 bits per heavy atom. The van der Waals surface area contributed by atoms with Gasteiger partial charge in [0.15, 0.2) is 0 Å². The van der Waals surface area contributed by atoms with Crippen LogP contribution in [0.4, 0.5) is 0 Å². The minimum atomic E-state index is -0.400. The third kappa shape index (κ3) is 11.9. The van der Waals surface area contributed by atoms with Crippen LogP contribution in [-0.2, 0) is 0 Å². The lowest BCUT2D eigenvalue weighted by molar-refractivity contribution is 0.217. The summed E-state index contributed by atoms with van der Waals surface area (Å²) in [5.41, 5.74) is 0. The number of halogens is 1. The van der Waals surface area contributed by atoms with Crippen molar-refractivity contribution in [1.29, 1.82) is 0 Å². The second kappa shape index (κ2) is 12.1. The predicted octanol–water partition coefficient (Wildman–Crippen LogP) is 3.89. The largest absolute Gasteiger partial charge is 0.380 e. The molecule has 0 spiro atoms. The molecule has 0 radical (unpaired) electrons. The molecule has 0 saturated carbocycles. The highest BCUT2D eigenvalue weighted by Crippen LogP contribution is 2.10. The molecule has 1 atom stereocenters. The average Bonchev–Trinajstić information content (AvgIpc) is 2.22. The molecule has 1 nitrogen and oxygen atoms in total. The van der Waals surface area contributed by atoms with Gasteiger partial charge in [-0.15, -0.1) is 5.92 Å². The van der Waals surface area contributed by atoms with Gasteiger partial charge >= 0.3 is 0 Å². The highest BCUT2D eigenvalue weighted by molar-refractivity contribution is 9.09. The number of aliphatic hydroxyl groups is 1. The monoisotopic (exact) mass is 274 g/mol. The van der Waals surface area contributed by atoms with E-state index in [0.717, 1.165) is 18.2 Å². The molecule has 0 aliphatic rings. The summed E-state index contributed by atoms with van der Waals surface area (Å²) in [6.45, 7) is 1.77. The Morgan fingerprint density at radius 1 is 1.00 bits per heavy atom. The number of rotatable bonds is 9. The maximum Gasteiger partial charge on any atom is 0.114 e. The normalized spacial score (nSPS) is 11.9. The molecule has 0 aromatic rings. The van der Waals surface area contributed by atoms with E-state index >= 15 is 0 Å². The van der Waals surface area contributed by atoms with E-state index in [2.05, 4.69) is 27.8 Å². The van der Waals surface area contributed by atoms with Crippen molar-refractivity contribution in [1.82, 2.24) is 0 Å². The number of hydrogen-bond acceptors (Lipinski definition) is 1. The number of aliphatic hydroxyl groups excluding tert-OH is 1. The molecule has 1 N–H and O–H groups in total. The minimum absolute atomic E-state index is 0.400. The van der Waals surface area contributed by atoms with Gasteiger partial charge in [-0.05, 0) is 26.2 Å².